The van der Waals surface area contributed by atoms with E-state index < -0.39 is 4.92 Å². The third-order valence-electron chi connectivity index (χ3n) is 2.57. The van der Waals surface area contributed by atoms with E-state index >= 15 is 0 Å². The Kier molecular flexibility index (Phi) is 4.47. The SMILES string of the molecule is CCN(C)C(=O)CNc1ccc([N+](=O)[O-])c(N)c1. The summed E-state index contributed by atoms with van der Waals surface area (Å²) in [6.07, 6.45) is 0. The van der Waals surface area contributed by atoms with Crippen LogP contribution in [0.3, 0.4) is 0 Å². The van der Waals surface area contributed by atoms with Gasteiger partial charge in [-0.1, -0.05) is 0 Å². The van der Waals surface area contributed by atoms with Crippen LogP contribution in [0.1, 0.15) is 6.92 Å². The smallest absolute Gasteiger partial charge is 0.292 e. The molecule has 0 spiro atoms. The molecule has 1 aromatic carbocycles. The fourth-order valence-electron chi connectivity index (χ4n) is 1.32. The number of benzene rings is 1. The number of amides is 1. The summed E-state index contributed by atoms with van der Waals surface area (Å²) < 4.78 is 0. The number of nitrogens with zero attached hydrogens (tertiary/aromatic N) is 2. The first-order valence-electron chi connectivity index (χ1n) is 5.47. The van der Waals surface area contributed by atoms with E-state index in [0.717, 1.165) is 0 Å². The first-order chi connectivity index (χ1) is 8.45. The zero-order chi connectivity index (χ0) is 13.7. The molecule has 98 valence electrons. The van der Waals surface area contributed by atoms with Gasteiger partial charge in [-0.25, -0.2) is 0 Å². The minimum Gasteiger partial charge on any atom is -0.393 e. The lowest BCUT2D eigenvalue weighted by molar-refractivity contribution is -0.383. The number of anilines is 2. The number of hydrogen-bond donors (Lipinski definition) is 2. The van der Waals surface area contributed by atoms with Crippen molar-refractivity contribution in [3.63, 3.8) is 0 Å². The highest BCUT2D eigenvalue weighted by Crippen LogP contribution is 2.24. The lowest BCUT2D eigenvalue weighted by atomic mass is 10.2. The van der Waals surface area contributed by atoms with E-state index in [1.807, 2.05) is 6.92 Å². The van der Waals surface area contributed by atoms with Gasteiger partial charge in [-0.05, 0) is 19.1 Å². The second-order valence-electron chi connectivity index (χ2n) is 3.79. The number of nitro benzene ring substituents is 1. The fourth-order valence-corrected chi connectivity index (χ4v) is 1.32. The molecule has 0 unspecified atom stereocenters. The normalized spacial score (nSPS) is 9.89. The summed E-state index contributed by atoms with van der Waals surface area (Å²) in [5, 5.41) is 13.4. The molecule has 1 rings (SSSR count). The predicted octanol–water partition coefficient (Wildman–Crippen LogP) is 1.07. The molecular weight excluding hydrogens is 236 g/mol. The van der Waals surface area contributed by atoms with Crippen LogP contribution >= 0.6 is 0 Å². The van der Waals surface area contributed by atoms with Crippen molar-refractivity contribution < 1.29 is 9.72 Å². The number of hydrogen-bond acceptors (Lipinski definition) is 5. The Morgan fingerprint density at radius 1 is 1.56 bits per heavy atom. The molecule has 1 amide bonds. The topological polar surface area (TPSA) is 102 Å². The Hall–Kier alpha value is -2.31. The monoisotopic (exact) mass is 252 g/mol. The molecule has 0 aliphatic rings. The Bertz CT molecular complexity index is 462. The van der Waals surface area contributed by atoms with Crippen LogP contribution in [0.4, 0.5) is 17.1 Å². The molecule has 7 heteroatoms. The summed E-state index contributed by atoms with van der Waals surface area (Å²) >= 11 is 0. The molecule has 0 aromatic heterocycles. The van der Waals surface area contributed by atoms with E-state index in [1.54, 1.807) is 11.9 Å². The number of rotatable bonds is 5. The number of nitrogen functional groups attached to an aromatic ring is 1. The summed E-state index contributed by atoms with van der Waals surface area (Å²) in [6.45, 7) is 2.63. The van der Waals surface area contributed by atoms with Gasteiger partial charge in [-0.3, -0.25) is 14.9 Å². The maximum atomic E-state index is 11.5. The largest absolute Gasteiger partial charge is 0.393 e. The molecule has 0 heterocycles. The van der Waals surface area contributed by atoms with E-state index in [1.165, 1.54) is 18.2 Å². The fraction of sp³-hybridized carbons (Fsp3) is 0.364. The Labute approximate surface area is 105 Å². The summed E-state index contributed by atoms with van der Waals surface area (Å²) in [6, 6.07) is 4.27. The second-order valence-corrected chi connectivity index (χ2v) is 3.79. The third kappa shape index (κ3) is 3.34. The van der Waals surface area contributed by atoms with Crippen molar-refractivity contribution >= 4 is 23.0 Å². The molecule has 3 N–H and O–H groups in total. The van der Waals surface area contributed by atoms with Gasteiger partial charge in [-0.2, -0.15) is 0 Å². The van der Waals surface area contributed by atoms with Gasteiger partial charge in [0.25, 0.3) is 5.69 Å². The number of nitrogens with one attached hydrogen (secondary N) is 1. The molecule has 0 radical (unpaired) electrons. The summed E-state index contributed by atoms with van der Waals surface area (Å²) in [7, 11) is 1.70. The van der Waals surface area contributed by atoms with E-state index in [4.69, 9.17) is 5.73 Å². The zero-order valence-corrected chi connectivity index (χ0v) is 10.3. The van der Waals surface area contributed by atoms with Crippen molar-refractivity contribution in [1.29, 1.82) is 0 Å². The van der Waals surface area contributed by atoms with Crippen LogP contribution in [0, 0.1) is 10.1 Å². The highest BCUT2D eigenvalue weighted by atomic mass is 16.6. The number of carbonyl (C=O) groups excluding carboxylic acids is 1. The van der Waals surface area contributed by atoms with Crippen LogP contribution in [0.25, 0.3) is 0 Å². The van der Waals surface area contributed by atoms with Crippen LogP contribution in [0.5, 0.6) is 0 Å². The molecule has 18 heavy (non-hydrogen) atoms. The van der Waals surface area contributed by atoms with Crippen molar-refractivity contribution in [3.05, 3.63) is 28.3 Å². The summed E-state index contributed by atoms with van der Waals surface area (Å²) in [5.41, 5.74) is 6.05. The molecule has 0 saturated carbocycles. The maximum absolute atomic E-state index is 11.5. The molecule has 0 aliphatic heterocycles. The Morgan fingerprint density at radius 2 is 2.22 bits per heavy atom. The lowest BCUT2D eigenvalue weighted by Crippen LogP contribution is -2.31. The van der Waals surface area contributed by atoms with Crippen LogP contribution in [0.2, 0.25) is 0 Å². The number of likely N-dealkylation sites (N-methyl/N-ethyl adjacent to an activating group) is 1. The Balaban J connectivity index is 2.67. The van der Waals surface area contributed by atoms with Gasteiger partial charge in [0.1, 0.15) is 5.69 Å². The van der Waals surface area contributed by atoms with Crippen LogP contribution in [-0.2, 0) is 4.79 Å². The van der Waals surface area contributed by atoms with E-state index in [2.05, 4.69) is 5.32 Å². The molecule has 7 nitrogen and oxygen atoms in total. The van der Waals surface area contributed by atoms with E-state index in [9.17, 15) is 14.9 Å². The molecule has 0 fully saturated rings. The number of carbonyl (C=O) groups is 1. The van der Waals surface area contributed by atoms with E-state index in [-0.39, 0.29) is 23.8 Å². The van der Waals surface area contributed by atoms with Gasteiger partial charge in [0, 0.05) is 25.3 Å². The van der Waals surface area contributed by atoms with Crippen molar-refractivity contribution in [3.8, 4) is 0 Å². The molecular formula is C11H16N4O3. The van der Waals surface area contributed by atoms with Crippen molar-refractivity contribution in [2.45, 2.75) is 6.92 Å². The standard InChI is InChI=1S/C11H16N4O3/c1-3-14(2)11(16)7-13-8-4-5-10(15(17)18)9(12)6-8/h4-6,13H,3,7,12H2,1-2H3. The average molecular weight is 252 g/mol. The molecule has 0 aliphatic carbocycles. The highest BCUT2D eigenvalue weighted by Gasteiger charge is 2.12. The van der Waals surface area contributed by atoms with Gasteiger partial charge < -0.3 is 16.0 Å². The van der Waals surface area contributed by atoms with Crippen LogP contribution < -0.4 is 11.1 Å². The van der Waals surface area contributed by atoms with Gasteiger partial charge >= 0.3 is 0 Å². The average Bonchev–Trinajstić information content (AvgIpc) is 2.34. The minimum atomic E-state index is -0.547. The summed E-state index contributed by atoms with van der Waals surface area (Å²) in [4.78, 5) is 23.1. The molecule has 0 bridgehead atoms. The minimum absolute atomic E-state index is 0.0607. The zero-order valence-electron chi connectivity index (χ0n) is 10.3. The predicted molar refractivity (Wildman–Crippen MR) is 69.3 cm³/mol. The van der Waals surface area contributed by atoms with Crippen molar-refractivity contribution in [2.24, 2.45) is 0 Å². The highest BCUT2D eigenvalue weighted by molar-refractivity contribution is 5.81. The number of nitrogens with two attached hydrogens (primary N) is 1. The van der Waals surface area contributed by atoms with Gasteiger partial charge in [0.15, 0.2) is 0 Å². The van der Waals surface area contributed by atoms with Crippen LogP contribution in [0.15, 0.2) is 18.2 Å². The third-order valence-corrected chi connectivity index (χ3v) is 2.57. The van der Waals surface area contributed by atoms with Crippen LogP contribution in [-0.4, -0.2) is 35.9 Å². The maximum Gasteiger partial charge on any atom is 0.292 e. The quantitative estimate of drug-likeness (QED) is 0.463. The van der Waals surface area contributed by atoms with Crippen molar-refractivity contribution in [2.75, 3.05) is 31.2 Å². The molecule has 0 atom stereocenters. The lowest BCUT2D eigenvalue weighted by Gasteiger charge is -2.15. The van der Waals surface area contributed by atoms with Gasteiger partial charge in [0.05, 0.1) is 11.5 Å². The Morgan fingerprint density at radius 3 is 2.72 bits per heavy atom. The molecule has 0 saturated heterocycles. The summed E-state index contributed by atoms with van der Waals surface area (Å²) in [5.74, 6) is -0.0607. The van der Waals surface area contributed by atoms with Gasteiger partial charge in [0.2, 0.25) is 5.91 Å². The first-order valence-corrected chi connectivity index (χ1v) is 5.47. The van der Waals surface area contributed by atoms with Gasteiger partial charge in [-0.15, -0.1) is 0 Å². The number of nitro groups is 1. The van der Waals surface area contributed by atoms with Crippen molar-refractivity contribution in [1.82, 2.24) is 4.90 Å². The van der Waals surface area contributed by atoms with E-state index in [0.29, 0.717) is 12.2 Å². The molecule has 1 aromatic rings. The first kappa shape index (κ1) is 13.8. The second kappa shape index (κ2) is 5.85.